The summed E-state index contributed by atoms with van der Waals surface area (Å²) < 4.78 is 36.9. The van der Waals surface area contributed by atoms with Crippen molar-refractivity contribution in [1.82, 2.24) is 9.97 Å². The molecule has 0 atom stereocenters. The molecule has 0 unspecified atom stereocenters. The molecule has 0 saturated carbocycles. The van der Waals surface area contributed by atoms with Crippen molar-refractivity contribution in [3.05, 3.63) is 35.1 Å². The minimum Gasteiger partial charge on any atom is -0.237 e. The normalized spacial score (nSPS) is 12.0. The molecule has 0 bridgehead atoms. The maximum Gasteiger partial charge on any atom is 0.433 e. The summed E-state index contributed by atoms with van der Waals surface area (Å²) in [6.45, 7) is 0. The van der Waals surface area contributed by atoms with Crippen LogP contribution in [0.2, 0.25) is 5.02 Å². The summed E-state index contributed by atoms with van der Waals surface area (Å²) in [4.78, 5) is 7.11. The van der Waals surface area contributed by atoms with Gasteiger partial charge in [0.15, 0.2) is 5.65 Å². The Morgan fingerprint density at radius 3 is 2.53 bits per heavy atom. The standard InChI is InChI=1S/C9H4ClF3N2/c10-6-3-4-14-8-5(6)1-2-7(15-8)9(11,12)13/h1-4H. The number of alkyl halides is 3. The van der Waals surface area contributed by atoms with Gasteiger partial charge in [0.1, 0.15) is 5.69 Å². The molecule has 78 valence electrons. The van der Waals surface area contributed by atoms with Crippen LogP contribution in [0.4, 0.5) is 13.2 Å². The molecule has 0 aliphatic carbocycles. The highest BCUT2D eigenvalue weighted by molar-refractivity contribution is 6.35. The number of fused-ring (bicyclic) bond motifs is 1. The summed E-state index contributed by atoms with van der Waals surface area (Å²) in [5, 5.41) is 0.744. The van der Waals surface area contributed by atoms with Gasteiger partial charge in [-0.1, -0.05) is 11.6 Å². The lowest BCUT2D eigenvalue weighted by atomic mass is 10.2. The van der Waals surface area contributed by atoms with E-state index in [4.69, 9.17) is 11.6 Å². The van der Waals surface area contributed by atoms with E-state index in [1.165, 1.54) is 18.3 Å². The Labute approximate surface area is 87.7 Å². The zero-order chi connectivity index (χ0) is 11.1. The van der Waals surface area contributed by atoms with Gasteiger partial charge in [-0.25, -0.2) is 9.97 Å². The smallest absolute Gasteiger partial charge is 0.237 e. The van der Waals surface area contributed by atoms with E-state index in [0.29, 0.717) is 10.4 Å². The van der Waals surface area contributed by atoms with E-state index in [1.54, 1.807) is 0 Å². The average Bonchev–Trinajstić information content (AvgIpc) is 2.16. The number of halogens is 4. The molecule has 0 radical (unpaired) electrons. The van der Waals surface area contributed by atoms with Crippen molar-refractivity contribution in [2.45, 2.75) is 6.18 Å². The zero-order valence-electron chi connectivity index (χ0n) is 7.22. The minimum atomic E-state index is -4.46. The number of nitrogens with zero attached hydrogens (tertiary/aromatic N) is 2. The molecule has 15 heavy (non-hydrogen) atoms. The Bertz CT molecular complexity index is 510. The van der Waals surface area contributed by atoms with Crippen LogP contribution >= 0.6 is 11.6 Å². The van der Waals surface area contributed by atoms with Crippen LogP contribution in [0.3, 0.4) is 0 Å². The van der Waals surface area contributed by atoms with Crippen molar-refractivity contribution in [2.75, 3.05) is 0 Å². The summed E-state index contributed by atoms with van der Waals surface area (Å²) in [5.41, 5.74) is -0.970. The van der Waals surface area contributed by atoms with Gasteiger partial charge in [0.2, 0.25) is 0 Å². The molecule has 2 aromatic heterocycles. The predicted octanol–water partition coefficient (Wildman–Crippen LogP) is 3.30. The van der Waals surface area contributed by atoms with Crippen LogP contribution in [0.5, 0.6) is 0 Å². The first-order valence-corrected chi connectivity index (χ1v) is 4.35. The largest absolute Gasteiger partial charge is 0.433 e. The third-order valence-electron chi connectivity index (χ3n) is 1.84. The molecule has 0 amide bonds. The summed E-state index contributed by atoms with van der Waals surface area (Å²) in [6.07, 6.45) is -3.14. The van der Waals surface area contributed by atoms with Crippen molar-refractivity contribution in [3.63, 3.8) is 0 Å². The van der Waals surface area contributed by atoms with Gasteiger partial charge >= 0.3 is 6.18 Å². The number of pyridine rings is 2. The molecule has 0 N–H and O–H groups in total. The van der Waals surface area contributed by atoms with E-state index in [2.05, 4.69) is 9.97 Å². The first-order chi connectivity index (χ1) is 6.98. The van der Waals surface area contributed by atoms with E-state index in [1.807, 2.05) is 0 Å². The van der Waals surface area contributed by atoms with E-state index >= 15 is 0 Å². The molecule has 0 aromatic carbocycles. The lowest BCUT2D eigenvalue weighted by molar-refractivity contribution is -0.141. The third kappa shape index (κ3) is 1.87. The van der Waals surface area contributed by atoms with Crippen molar-refractivity contribution in [2.24, 2.45) is 0 Å². The quantitative estimate of drug-likeness (QED) is 0.696. The summed E-state index contributed by atoms with van der Waals surface area (Å²) in [5.74, 6) is 0. The predicted molar refractivity (Wildman–Crippen MR) is 49.6 cm³/mol. The van der Waals surface area contributed by atoms with Crippen LogP contribution in [0.25, 0.3) is 11.0 Å². The second-order valence-corrected chi connectivity index (χ2v) is 3.27. The van der Waals surface area contributed by atoms with E-state index in [-0.39, 0.29) is 5.65 Å². The molecule has 2 heterocycles. The van der Waals surface area contributed by atoms with Gasteiger partial charge in [0, 0.05) is 11.6 Å². The van der Waals surface area contributed by atoms with Crippen LogP contribution in [0.15, 0.2) is 24.4 Å². The number of rotatable bonds is 0. The van der Waals surface area contributed by atoms with Crippen molar-refractivity contribution in [1.29, 1.82) is 0 Å². The van der Waals surface area contributed by atoms with Gasteiger partial charge < -0.3 is 0 Å². The lowest BCUT2D eigenvalue weighted by Crippen LogP contribution is -2.07. The van der Waals surface area contributed by atoms with Crippen LogP contribution in [0, 0.1) is 0 Å². The fourth-order valence-electron chi connectivity index (χ4n) is 1.15. The molecule has 2 aromatic rings. The second-order valence-electron chi connectivity index (χ2n) is 2.86. The highest BCUT2D eigenvalue weighted by atomic mass is 35.5. The molecule has 2 nitrogen and oxygen atoms in total. The Kier molecular flexibility index (Phi) is 2.26. The zero-order valence-corrected chi connectivity index (χ0v) is 7.97. The molecule has 0 aliphatic rings. The van der Waals surface area contributed by atoms with E-state index in [0.717, 1.165) is 6.07 Å². The molecule has 0 spiro atoms. The first-order valence-electron chi connectivity index (χ1n) is 3.97. The SMILES string of the molecule is FC(F)(F)c1ccc2c(Cl)ccnc2n1. The van der Waals surface area contributed by atoms with Gasteiger partial charge in [-0.3, -0.25) is 0 Å². The monoisotopic (exact) mass is 232 g/mol. The molecule has 0 fully saturated rings. The molecular formula is C9H4ClF3N2. The van der Waals surface area contributed by atoms with Crippen LogP contribution in [0.1, 0.15) is 5.69 Å². The van der Waals surface area contributed by atoms with Gasteiger partial charge in [-0.2, -0.15) is 13.2 Å². The van der Waals surface area contributed by atoms with Crippen LogP contribution in [-0.4, -0.2) is 9.97 Å². The van der Waals surface area contributed by atoms with Gasteiger partial charge in [0.25, 0.3) is 0 Å². The van der Waals surface area contributed by atoms with Gasteiger partial charge in [-0.05, 0) is 18.2 Å². The Morgan fingerprint density at radius 1 is 1.13 bits per heavy atom. The number of aromatic nitrogens is 2. The van der Waals surface area contributed by atoms with E-state index in [9.17, 15) is 13.2 Å². The van der Waals surface area contributed by atoms with E-state index < -0.39 is 11.9 Å². The Balaban J connectivity index is 2.68. The highest BCUT2D eigenvalue weighted by Gasteiger charge is 2.32. The summed E-state index contributed by atoms with van der Waals surface area (Å²) >= 11 is 5.76. The van der Waals surface area contributed by atoms with Crippen molar-refractivity contribution < 1.29 is 13.2 Å². The fraction of sp³-hybridized carbons (Fsp3) is 0.111. The fourth-order valence-corrected chi connectivity index (χ4v) is 1.36. The minimum absolute atomic E-state index is 0.00248. The first kappa shape index (κ1) is 10.2. The van der Waals surface area contributed by atoms with Crippen LogP contribution < -0.4 is 0 Å². The summed E-state index contributed by atoms with van der Waals surface area (Å²) in [6, 6.07) is 3.65. The molecular weight excluding hydrogens is 229 g/mol. The number of hydrogen-bond donors (Lipinski definition) is 0. The highest BCUT2D eigenvalue weighted by Crippen LogP contribution is 2.29. The van der Waals surface area contributed by atoms with Gasteiger partial charge in [-0.15, -0.1) is 0 Å². The van der Waals surface area contributed by atoms with Crippen molar-refractivity contribution >= 4 is 22.6 Å². The average molecular weight is 233 g/mol. The summed E-state index contributed by atoms with van der Waals surface area (Å²) in [7, 11) is 0. The van der Waals surface area contributed by atoms with Crippen LogP contribution in [-0.2, 0) is 6.18 Å². The number of hydrogen-bond acceptors (Lipinski definition) is 2. The molecule has 0 saturated heterocycles. The maximum absolute atomic E-state index is 12.3. The Morgan fingerprint density at radius 2 is 1.87 bits per heavy atom. The topological polar surface area (TPSA) is 25.8 Å². The lowest BCUT2D eigenvalue weighted by Gasteiger charge is -2.06. The van der Waals surface area contributed by atoms with Crippen molar-refractivity contribution in [3.8, 4) is 0 Å². The molecule has 6 heteroatoms. The maximum atomic E-state index is 12.3. The Hall–Kier alpha value is -1.36. The molecule has 0 aliphatic heterocycles. The molecule has 2 rings (SSSR count). The second kappa shape index (κ2) is 3.34. The van der Waals surface area contributed by atoms with Gasteiger partial charge in [0.05, 0.1) is 5.02 Å². The third-order valence-corrected chi connectivity index (χ3v) is 2.17.